The van der Waals surface area contributed by atoms with Crippen molar-refractivity contribution < 1.29 is 13.2 Å². The fraction of sp³-hybridized carbons (Fsp3) is 0.917. The van der Waals surface area contributed by atoms with E-state index in [1.807, 2.05) is 0 Å². The van der Waals surface area contributed by atoms with Crippen LogP contribution in [0.3, 0.4) is 0 Å². The highest BCUT2D eigenvalue weighted by Gasteiger charge is 2.26. The highest BCUT2D eigenvalue weighted by Crippen LogP contribution is 2.26. The van der Waals surface area contributed by atoms with Crippen LogP contribution in [-0.4, -0.2) is 37.9 Å². The van der Waals surface area contributed by atoms with Crippen LogP contribution in [0.15, 0.2) is 0 Å². The van der Waals surface area contributed by atoms with Crippen LogP contribution in [0.5, 0.6) is 0 Å². The van der Waals surface area contributed by atoms with E-state index in [0.29, 0.717) is 6.42 Å². The first-order valence-corrected chi connectivity index (χ1v) is 8.41. The molecule has 0 aromatic heterocycles. The topological polar surface area (TPSA) is 89.3 Å². The van der Waals surface area contributed by atoms with Gasteiger partial charge in [-0.15, -0.1) is 12.4 Å². The predicted molar refractivity (Wildman–Crippen MR) is 79.1 cm³/mol. The second-order valence-electron chi connectivity index (χ2n) is 5.23. The Bertz CT molecular complexity index is 386. The zero-order valence-electron chi connectivity index (χ0n) is 11.6. The number of carbonyl (C=O) groups excluding carboxylic acids is 1. The standard InChI is InChI=1S/C12H24N2O3S.ClH/c1-3-18(16,17)8-9(2)14-12(15)7-10-5-4-6-11(10)13;/h9-11H,3-8,13H2,1-2H3,(H,14,15);1H/t9?,10-,11+;/m0./s1. The van der Waals surface area contributed by atoms with E-state index in [9.17, 15) is 13.2 Å². The molecule has 1 unspecified atom stereocenters. The number of halogens is 1. The van der Waals surface area contributed by atoms with Gasteiger partial charge in [-0.3, -0.25) is 4.79 Å². The first-order valence-electron chi connectivity index (χ1n) is 6.59. The van der Waals surface area contributed by atoms with Crippen LogP contribution < -0.4 is 11.1 Å². The van der Waals surface area contributed by atoms with Crippen molar-refractivity contribution in [2.75, 3.05) is 11.5 Å². The van der Waals surface area contributed by atoms with Crippen molar-refractivity contribution >= 4 is 28.2 Å². The molecule has 7 heteroatoms. The first kappa shape index (κ1) is 18.7. The second-order valence-corrected chi connectivity index (χ2v) is 7.62. The summed E-state index contributed by atoms with van der Waals surface area (Å²) in [5.41, 5.74) is 5.91. The minimum absolute atomic E-state index is 0. The molecule has 0 spiro atoms. The minimum atomic E-state index is -3.04. The van der Waals surface area contributed by atoms with E-state index in [1.165, 1.54) is 0 Å². The lowest BCUT2D eigenvalue weighted by Crippen LogP contribution is -2.40. The summed E-state index contributed by atoms with van der Waals surface area (Å²) in [4.78, 5) is 11.8. The zero-order valence-corrected chi connectivity index (χ0v) is 13.2. The molecule has 0 bridgehead atoms. The van der Waals surface area contributed by atoms with Gasteiger partial charge in [0.05, 0.1) is 5.75 Å². The molecule has 0 radical (unpaired) electrons. The maximum atomic E-state index is 11.8. The van der Waals surface area contributed by atoms with E-state index >= 15 is 0 Å². The van der Waals surface area contributed by atoms with Crippen molar-refractivity contribution in [2.24, 2.45) is 11.7 Å². The molecular formula is C12H25ClN2O3S. The quantitative estimate of drug-likeness (QED) is 0.761. The lowest BCUT2D eigenvalue weighted by Gasteiger charge is -2.18. The molecule has 19 heavy (non-hydrogen) atoms. The molecule has 1 rings (SSSR count). The number of nitrogens with one attached hydrogen (secondary N) is 1. The fourth-order valence-electron chi connectivity index (χ4n) is 2.43. The van der Waals surface area contributed by atoms with Crippen LogP contribution in [0, 0.1) is 5.92 Å². The Morgan fingerprint density at radius 3 is 2.53 bits per heavy atom. The van der Waals surface area contributed by atoms with Gasteiger partial charge in [-0.25, -0.2) is 8.42 Å². The van der Waals surface area contributed by atoms with E-state index in [-0.39, 0.29) is 47.8 Å². The summed E-state index contributed by atoms with van der Waals surface area (Å²) in [5, 5.41) is 2.74. The second kappa shape index (κ2) is 8.07. The highest BCUT2D eigenvalue weighted by molar-refractivity contribution is 7.91. The number of carbonyl (C=O) groups is 1. The maximum absolute atomic E-state index is 11.8. The van der Waals surface area contributed by atoms with E-state index in [2.05, 4.69) is 5.32 Å². The molecule has 1 amide bonds. The van der Waals surface area contributed by atoms with E-state index in [0.717, 1.165) is 19.3 Å². The number of nitrogens with two attached hydrogens (primary N) is 1. The largest absolute Gasteiger partial charge is 0.353 e. The monoisotopic (exact) mass is 312 g/mol. The van der Waals surface area contributed by atoms with Crippen molar-refractivity contribution in [1.82, 2.24) is 5.32 Å². The van der Waals surface area contributed by atoms with Crippen molar-refractivity contribution in [1.29, 1.82) is 0 Å². The van der Waals surface area contributed by atoms with Gasteiger partial charge in [0.25, 0.3) is 0 Å². The van der Waals surface area contributed by atoms with Gasteiger partial charge < -0.3 is 11.1 Å². The normalized spacial score (nSPS) is 24.6. The molecular weight excluding hydrogens is 288 g/mol. The van der Waals surface area contributed by atoms with Crippen LogP contribution in [0.25, 0.3) is 0 Å². The molecule has 0 aromatic rings. The summed E-state index contributed by atoms with van der Waals surface area (Å²) in [6.45, 7) is 3.33. The summed E-state index contributed by atoms with van der Waals surface area (Å²) in [5.74, 6) is 0.281. The summed E-state index contributed by atoms with van der Waals surface area (Å²) in [7, 11) is -3.04. The lowest BCUT2D eigenvalue weighted by molar-refractivity contribution is -0.122. The van der Waals surface area contributed by atoms with Crippen LogP contribution >= 0.6 is 12.4 Å². The van der Waals surface area contributed by atoms with Gasteiger partial charge in [0, 0.05) is 24.3 Å². The van der Waals surface area contributed by atoms with Gasteiger partial charge in [0.2, 0.25) is 5.91 Å². The summed E-state index contributed by atoms with van der Waals surface area (Å²) in [6, 6.07) is -0.217. The summed E-state index contributed by atoms with van der Waals surface area (Å²) >= 11 is 0. The Kier molecular flexibility index (Phi) is 7.93. The lowest BCUT2D eigenvalue weighted by atomic mass is 10.00. The van der Waals surface area contributed by atoms with Gasteiger partial charge in [0.15, 0.2) is 9.84 Å². The number of rotatable bonds is 6. The minimum Gasteiger partial charge on any atom is -0.353 e. The molecule has 114 valence electrons. The fourth-order valence-corrected chi connectivity index (χ4v) is 3.51. The molecule has 1 aliphatic carbocycles. The van der Waals surface area contributed by atoms with Gasteiger partial charge in [-0.2, -0.15) is 0 Å². The van der Waals surface area contributed by atoms with Crippen molar-refractivity contribution in [3.05, 3.63) is 0 Å². The third kappa shape index (κ3) is 6.58. The molecule has 0 saturated heterocycles. The first-order chi connectivity index (χ1) is 8.34. The van der Waals surface area contributed by atoms with Crippen molar-refractivity contribution in [3.63, 3.8) is 0 Å². The molecule has 0 aromatic carbocycles. The molecule has 5 nitrogen and oxygen atoms in total. The van der Waals surface area contributed by atoms with Crippen LogP contribution in [-0.2, 0) is 14.6 Å². The van der Waals surface area contributed by atoms with Crippen LogP contribution in [0.1, 0.15) is 39.5 Å². The zero-order chi connectivity index (χ0) is 13.8. The third-order valence-electron chi connectivity index (χ3n) is 3.52. The maximum Gasteiger partial charge on any atom is 0.220 e. The smallest absolute Gasteiger partial charge is 0.220 e. The molecule has 0 heterocycles. The van der Waals surface area contributed by atoms with E-state index in [1.54, 1.807) is 13.8 Å². The Balaban J connectivity index is 0.00000324. The van der Waals surface area contributed by atoms with Crippen molar-refractivity contribution in [2.45, 2.75) is 51.6 Å². The van der Waals surface area contributed by atoms with Gasteiger partial charge >= 0.3 is 0 Å². The van der Waals surface area contributed by atoms with E-state index in [4.69, 9.17) is 5.73 Å². The molecule has 1 saturated carbocycles. The third-order valence-corrected chi connectivity index (χ3v) is 5.40. The summed E-state index contributed by atoms with van der Waals surface area (Å²) < 4.78 is 22.8. The molecule has 3 N–H and O–H groups in total. The number of amides is 1. The predicted octanol–water partition coefficient (Wildman–Crippen LogP) is 0.865. The van der Waals surface area contributed by atoms with Crippen LogP contribution in [0.2, 0.25) is 0 Å². The molecule has 3 atom stereocenters. The van der Waals surface area contributed by atoms with Gasteiger partial charge in [0.1, 0.15) is 0 Å². The number of hydrogen-bond donors (Lipinski definition) is 2. The molecule has 0 aliphatic heterocycles. The Morgan fingerprint density at radius 2 is 2.05 bits per heavy atom. The van der Waals surface area contributed by atoms with Crippen LogP contribution in [0.4, 0.5) is 0 Å². The van der Waals surface area contributed by atoms with Gasteiger partial charge in [-0.05, 0) is 25.7 Å². The number of sulfone groups is 1. The SMILES string of the molecule is CCS(=O)(=O)CC(C)NC(=O)C[C@@H]1CCC[C@H]1N.Cl. The Morgan fingerprint density at radius 1 is 1.42 bits per heavy atom. The highest BCUT2D eigenvalue weighted by atomic mass is 35.5. The number of hydrogen-bond acceptors (Lipinski definition) is 4. The summed E-state index contributed by atoms with van der Waals surface area (Å²) in [6.07, 6.45) is 3.48. The molecule has 1 aliphatic rings. The Labute approximate surface area is 122 Å². The van der Waals surface area contributed by atoms with Gasteiger partial charge in [-0.1, -0.05) is 13.3 Å². The average Bonchev–Trinajstić information content (AvgIpc) is 2.63. The molecule has 1 fully saturated rings. The van der Waals surface area contributed by atoms with Crippen molar-refractivity contribution in [3.8, 4) is 0 Å². The average molecular weight is 313 g/mol. The van der Waals surface area contributed by atoms with E-state index < -0.39 is 9.84 Å². The Hall–Kier alpha value is -0.330.